The Hall–Kier alpha value is -0.960. The second-order valence-electron chi connectivity index (χ2n) is 2.65. The molecule has 1 heterocycles. The summed E-state index contributed by atoms with van der Waals surface area (Å²) in [6.07, 6.45) is 1.86. The predicted molar refractivity (Wildman–Crippen MR) is 42.6 cm³/mol. The van der Waals surface area contributed by atoms with Crippen molar-refractivity contribution in [2.75, 3.05) is 19.8 Å². The Balaban J connectivity index is 2.65. The highest BCUT2D eigenvalue weighted by molar-refractivity contribution is 5.42. The van der Waals surface area contributed by atoms with Gasteiger partial charge < -0.3 is 15.6 Å². The van der Waals surface area contributed by atoms with E-state index in [-0.39, 0.29) is 0 Å². The van der Waals surface area contributed by atoms with Crippen LogP contribution < -0.4 is 5.73 Å². The van der Waals surface area contributed by atoms with Crippen LogP contribution in [-0.2, 0) is 6.54 Å². The first-order chi connectivity index (χ1) is 4.70. The molecule has 0 aliphatic carbocycles. The van der Waals surface area contributed by atoms with E-state index in [2.05, 4.69) is 9.88 Å². The van der Waals surface area contributed by atoms with Crippen molar-refractivity contribution in [2.45, 2.75) is 6.54 Å². The summed E-state index contributed by atoms with van der Waals surface area (Å²) in [6, 6.07) is 1.87. The molecule has 0 fully saturated rings. The molecular formula is C7H13N3. The van der Waals surface area contributed by atoms with Gasteiger partial charge >= 0.3 is 0 Å². The number of hydrogen-bond donors (Lipinski definition) is 2. The van der Waals surface area contributed by atoms with Gasteiger partial charge in [-0.3, -0.25) is 0 Å². The molecule has 0 aliphatic rings. The zero-order chi connectivity index (χ0) is 7.56. The Labute approximate surface area is 60.8 Å². The molecule has 0 atom stereocenters. The Kier molecular flexibility index (Phi) is 1.97. The van der Waals surface area contributed by atoms with Gasteiger partial charge in [0.2, 0.25) is 0 Å². The molecule has 3 N–H and O–H groups in total. The van der Waals surface area contributed by atoms with Crippen molar-refractivity contribution in [3.63, 3.8) is 0 Å². The third kappa shape index (κ3) is 1.51. The van der Waals surface area contributed by atoms with Crippen molar-refractivity contribution in [3.8, 4) is 0 Å². The molecule has 0 radical (unpaired) electrons. The average molecular weight is 139 g/mol. The van der Waals surface area contributed by atoms with Crippen molar-refractivity contribution in [2.24, 2.45) is 0 Å². The second kappa shape index (κ2) is 2.75. The fourth-order valence-corrected chi connectivity index (χ4v) is 0.869. The van der Waals surface area contributed by atoms with Crippen molar-refractivity contribution >= 4 is 5.69 Å². The number of H-pyrrole nitrogens is 1. The van der Waals surface area contributed by atoms with Crippen molar-refractivity contribution in [3.05, 3.63) is 18.0 Å². The quantitative estimate of drug-likeness (QED) is 0.632. The Morgan fingerprint density at radius 3 is 2.70 bits per heavy atom. The van der Waals surface area contributed by atoms with Gasteiger partial charge in [-0.25, -0.2) is 0 Å². The number of anilines is 1. The lowest BCUT2D eigenvalue weighted by atomic mass is 10.3. The van der Waals surface area contributed by atoms with Crippen LogP contribution in [0.15, 0.2) is 12.3 Å². The summed E-state index contributed by atoms with van der Waals surface area (Å²) in [5, 5.41) is 0. The van der Waals surface area contributed by atoms with Crippen LogP contribution in [0, 0.1) is 0 Å². The Bertz CT molecular complexity index is 202. The first-order valence-electron chi connectivity index (χ1n) is 3.26. The Morgan fingerprint density at radius 2 is 2.30 bits per heavy atom. The number of nitrogens with zero attached hydrogens (tertiary/aromatic N) is 1. The average Bonchev–Trinajstić information content (AvgIpc) is 2.15. The van der Waals surface area contributed by atoms with E-state index in [0.717, 1.165) is 17.9 Å². The fourth-order valence-electron chi connectivity index (χ4n) is 0.869. The number of aromatic amines is 1. The molecule has 0 unspecified atom stereocenters. The zero-order valence-electron chi connectivity index (χ0n) is 6.39. The lowest BCUT2D eigenvalue weighted by Crippen LogP contribution is -2.11. The van der Waals surface area contributed by atoms with Gasteiger partial charge in [0, 0.05) is 12.7 Å². The van der Waals surface area contributed by atoms with Crippen LogP contribution in [0.1, 0.15) is 5.69 Å². The van der Waals surface area contributed by atoms with Gasteiger partial charge in [-0.2, -0.15) is 0 Å². The largest absolute Gasteiger partial charge is 0.397 e. The van der Waals surface area contributed by atoms with Crippen LogP contribution in [0.3, 0.4) is 0 Å². The van der Waals surface area contributed by atoms with Gasteiger partial charge in [0.05, 0.1) is 11.4 Å². The number of nitrogen functional groups attached to an aromatic ring is 1. The maximum Gasteiger partial charge on any atom is 0.0538 e. The van der Waals surface area contributed by atoms with Crippen molar-refractivity contribution in [1.82, 2.24) is 9.88 Å². The molecular weight excluding hydrogens is 126 g/mol. The molecule has 0 spiro atoms. The van der Waals surface area contributed by atoms with E-state index < -0.39 is 0 Å². The van der Waals surface area contributed by atoms with E-state index >= 15 is 0 Å². The van der Waals surface area contributed by atoms with Crippen LogP contribution in [0.2, 0.25) is 0 Å². The van der Waals surface area contributed by atoms with Crippen LogP contribution in [0.5, 0.6) is 0 Å². The first-order valence-corrected chi connectivity index (χ1v) is 3.26. The number of hydrogen-bond acceptors (Lipinski definition) is 2. The number of rotatable bonds is 2. The molecule has 1 aromatic rings. The molecule has 3 nitrogen and oxygen atoms in total. The number of nitrogens with two attached hydrogens (primary N) is 1. The zero-order valence-corrected chi connectivity index (χ0v) is 6.39. The molecule has 1 aromatic heterocycles. The minimum absolute atomic E-state index is 0.841. The summed E-state index contributed by atoms with van der Waals surface area (Å²) in [5.74, 6) is 0. The molecule has 0 saturated carbocycles. The highest BCUT2D eigenvalue weighted by atomic mass is 15.1. The lowest BCUT2D eigenvalue weighted by molar-refractivity contribution is 0.398. The highest BCUT2D eigenvalue weighted by Gasteiger charge is 1.99. The number of nitrogens with one attached hydrogen (secondary N) is 1. The molecule has 0 aromatic carbocycles. The first kappa shape index (κ1) is 7.15. The molecule has 0 aliphatic heterocycles. The summed E-state index contributed by atoms with van der Waals surface area (Å²) in [6.45, 7) is 0.874. The number of aromatic nitrogens is 1. The topological polar surface area (TPSA) is 45.0 Å². The molecule has 3 heteroatoms. The van der Waals surface area contributed by atoms with Gasteiger partial charge in [-0.1, -0.05) is 0 Å². The van der Waals surface area contributed by atoms with E-state index in [4.69, 9.17) is 5.73 Å². The van der Waals surface area contributed by atoms with Gasteiger partial charge in [0.25, 0.3) is 0 Å². The SMILES string of the molecule is CN(C)Cc1[nH]ccc1N. The van der Waals surface area contributed by atoms with Crippen LogP contribution in [-0.4, -0.2) is 24.0 Å². The molecule has 0 saturated heterocycles. The monoisotopic (exact) mass is 139 g/mol. The molecule has 56 valence electrons. The summed E-state index contributed by atoms with van der Waals surface area (Å²) in [7, 11) is 4.03. The second-order valence-corrected chi connectivity index (χ2v) is 2.65. The Morgan fingerprint density at radius 1 is 1.60 bits per heavy atom. The van der Waals surface area contributed by atoms with Gasteiger partial charge in [0.15, 0.2) is 0 Å². The molecule has 1 rings (SSSR count). The van der Waals surface area contributed by atoms with Gasteiger partial charge in [-0.05, 0) is 20.2 Å². The third-order valence-electron chi connectivity index (χ3n) is 1.34. The summed E-state index contributed by atoms with van der Waals surface area (Å²) in [4.78, 5) is 5.14. The predicted octanol–water partition coefficient (Wildman–Crippen LogP) is 0.659. The van der Waals surface area contributed by atoms with Crippen LogP contribution in [0.4, 0.5) is 5.69 Å². The van der Waals surface area contributed by atoms with E-state index in [0.29, 0.717) is 0 Å². The van der Waals surface area contributed by atoms with Crippen LogP contribution >= 0.6 is 0 Å². The van der Waals surface area contributed by atoms with E-state index in [1.54, 1.807) is 0 Å². The minimum atomic E-state index is 0.841. The fraction of sp³-hybridized carbons (Fsp3) is 0.429. The maximum absolute atomic E-state index is 5.63. The summed E-state index contributed by atoms with van der Waals surface area (Å²) in [5.41, 5.74) is 7.56. The van der Waals surface area contributed by atoms with E-state index in [1.807, 2.05) is 26.4 Å². The minimum Gasteiger partial charge on any atom is -0.397 e. The molecule has 10 heavy (non-hydrogen) atoms. The van der Waals surface area contributed by atoms with E-state index in [1.165, 1.54) is 0 Å². The van der Waals surface area contributed by atoms with Gasteiger partial charge in [-0.15, -0.1) is 0 Å². The van der Waals surface area contributed by atoms with E-state index in [9.17, 15) is 0 Å². The van der Waals surface area contributed by atoms with Crippen LogP contribution in [0.25, 0.3) is 0 Å². The highest BCUT2D eigenvalue weighted by Crippen LogP contribution is 2.08. The summed E-state index contributed by atoms with van der Waals surface area (Å²) < 4.78 is 0. The standard InChI is InChI=1S/C7H13N3/c1-10(2)5-7-6(8)3-4-9-7/h3-4,9H,5,8H2,1-2H3. The summed E-state index contributed by atoms with van der Waals surface area (Å²) >= 11 is 0. The maximum atomic E-state index is 5.63. The molecule has 0 bridgehead atoms. The van der Waals surface area contributed by atoms with Gasteiger partial charge in [0.1, 0.15) is 0 Å². The third-order valence-corrected chi connectivity index (χ3v) is 1.34. The van der Waals surface area contributed by atoms with Crippen molar-refractivity contribution < 1.29 is 0 Å². The molecule has 0 amide bonds. The normalized spacial score (nSPS) is 10.7. The smallest absolute Gasteiger partial charge is 0.0538 e. The lowest BCUT2D eigenvalue weighted by Gasteiger charge is -2.07. The van der Waals surface area contributed by atoms with Crippen molar-refractivity contribution in [1.29, 1.82) is 0 Å².